The molecule has 1 aromatic rings. The highest BCUT2D eigenvalue weighted by Gasteiger charge is 2.57. The highest BCUT2D eigenvalue weighted by molar-refractivity contribution is 5.24. The van der Waals surface area contributed by atoms with Crippen molar-refractivity contribution in [2.24, 2.45) is 0 Å². The third-order valence-electron chi connectivity index (χ3n) is 4.76. The molecule has 3 rings (SSSR count). The summed E-state index contributed by atoms with van der Waals surface area (Å²) in [7, 11) is 0. The van der Waals surface area contributed by atoms with Gasteiger partial charge in [-0.05, 0) is 38.7 Å². The highest BCUT2D eigenvalue weighted by atomic mass is 19.1. The molecular formula is C15H21FN2O2. The van der Waals surface area contributed by atoms with Gasteiger partial charge < -0.3 is 15.2 Å². The Labute approximate surface area is 118 Å². The monoisotopic (exact) mass is 280 g/mol. The van der Waals surface area contributed by atoms with Crippen molar-refractivity contribution in [1.29, 1.82) is 0 Å². The number of fused-ring (bicyclic) bond motifs is 2. The van der Waals surface area contributed by atoms with Gasteiger partial charge in [-0.15, -0.1) is 0 Å². The Kier molecular flexibility index (Phi) is 3.52. The van der Waals surface area contributed by atoms with E-state index < -0.39 is 11.9 Å². The summed E-state index contributed by atoms with van der Waals surface area (Å²) >= 11 is 0. The van der Waals surface area contributed by atoms with Crippen molar-refractivity contribution >= 4 is 0 Å². The lowest BCUT2D eigenvalue weighted by atomic mass is 9.78. The summed E-state index contributed by atoms with van der Waals surface area (Å²) in [6.45, 7) is 3.37. The molecule has 4 nitrogen and oxygen atoms in total. The van der Waals surface area contributed by atoms with Crippen LogP contribution < -0.4 is 5.32 Å². The SMILES string of the molecule is CCOCC12CCC([C@H](O)c3cncc(F)c3)(CC1)N2. The standard InChI is InChI=1S/C15H21FN2O2/c1-2-20-10-14-3-5-15(18-14,6-4-14)13(19)11-7-12(16)9-17-8-11/h7-9,13,18-19H,2-6,10H2,1H3/t13-,14?,15?/m1/s1. The van der Waals surface area contributed by atoms with E-state index in [9.17, 15) is 9.50 Å². The quantitative estimate of drug-likeness (QED) is 0.865. The molecule has 0 aliphatic carbocycles. The molecule has 0 unspecified atom stereocenters. The number of pyridine rings is 1. The Hall–Kier alpha value is -1.04. The topological polar surface area (TPSA) is 54.4 Å². The average Bonchev–Trinajstić information content (AvgIpc) is 3.02. The normalized spacial score (nSPS) is 33.5. The van der Waals surface area contributed by atoms with Gasteiger partial charge in [0.05, 0.1) is 18.9 Å². The second kappa shape index (κ2) is 5.06. The largest absolute Gasteiger partial charge is 0.386 e. The molecule has 0 saturated carbocycles. The van der Waals surface area contributed by atoms with E-state index in [4.69, 9.17) is 4.74 Å². The number of halogens is 1. The molecule has 2 fully saturated rings. The Balaban J connectivity index is 1.78. The molecule has 1 atom stereocenters. The van der Waals surface area contributed by atoms with Crippen LogP contribution in [0.5, 0.6) is 0 Å². The smallest absolute Gasteiger partial charge is 0.141 e. The number of hydrogen-bond donors (Lipinski definition) is 2. The van der Waals surface area contributed by atoms with Crippen LogP contribution >= 0.6 is 0 Å². The second-order valence-corrected chi connectivity index (χ2v) is 6.04. The first kappa shape index (κ1) is 13.9. The van der Waals surface area contributed by atoms with Gasteiger partial charge in [0.2, 0.25) is 0 Å². The number of aliphatic hydroxyl groups is 1. The van der Waals surface area contributed by atoms with Gasteiger partial charge >= 0.3 is 0 Å². The fourth-order valence-electron chi connectivity index (χ4n) is 3.67. The molecule has 2 bridgehead atoms. The van der Waals surface area contributed by atoms with E-state index in [0.717, 1.165) is 31.9 Å². The lowest BCUT2D eigenvalue weighted by molar-refractivity contribution is 0.0687. The summed E-state index contributed by atoms with van der Waals surface area (Å²) < 4.78 is 18.9. The minimum atomic E-state index is -0.725. The van der Waals surface area contributed by atoms with Gasteiger partial charge in [0, 0.05) is 29.4 Å². The van der Waals surface area contributed by atoms with Crippen molar-refractivity contribution in [2.75, 3.05) is 13.2 Å². The first-order valence-corrected chi connectivity index (χ1v) is 7.25. The van der Waals surface area contributed by atoms with Crippen LogP contribution in [0.3, 0.4) is 0 Å². The second-order valence-electron chi connectivity index (χ2n) is 6.04. The van der Waals surface area contributed by atoms with E-state index in [0.29, 0.717) is 18.8 Å². The van der Waals surface area contributed by atoms with Crippen LogP contribution in [0.25, 0.3) is 0 Å². The van der Waals surface area contributed by atoms with Gasteiger partial charge in [0.25, 0.3) is 0 Å². The lowest BCUT2D eigenvalue weighted by Gasteiger charge is -2.32. The van der Waals surface area contributed by atoms with Crippen LogP contribution in [-0.4, -0.2) is 34.4 Å². The van der Waals surface area contributed by atoms with Crippen molar-refractivity contribution in [1.82, 2.24) is 10.3 Å². The van der Waals surface area contributed by atoms with Crippen molar-refractivity contribution in [2.45, 2.75) is 49.8 Å². The molecule has 2 aliphatic heterocycles. The molecule has 5 heteroatoms. The van der Waals surface area contributed by atoms with E-state index in [-0.39, 0.29) is 11.1 Å². The molecule has 2 N–H and O–H groups in total. The van der Waals surface area contributed by atoms with E-state index >= 15 is 0 Å². The van der Waals surface area contributed by atoms with Crippen molar-refractivity contribution in [3.63, 3.8) is 0 Å². The van der Waals surface area contributed by atoms with E-state index in [2.05, 4.69) is 10.3 Å². The van der Waals surface area contributed by atoms with Gasteiger partial charge in [-0.3, -0.25) is 4.98 Å². The Morgan fingerprint density at radius 3 is 2.80 bits per heavy atom. The molecule has 3 heterocycles. The molecule has 1 aromatic heterocycles. The summed E-state index contributed by atoms with van der Waals surface area (Å²) in [5.41, 5.74) is 0.177. The van der Waals surface area contributed by atoms with E-state index in [1.54, 1.807) is 6.20 Å². The summed E-state index contributed by atoms with van der Waals surface area (Å²) in [5.74, 6) is -0.408. The molecular weight excluding hydrogens is 259 g/mol. The number of aromatic nitrogens is 1. The van der Waals surface area contributed by atoms with Gasteiger partial charge in [0.1, 0.15) is 5.82 Å². The van der Waals surface area contributed by atoms with Crippen LogP contribution in [0.1, 0.15) is 44.3 Å². The van der Waals surface area contributed by atoms with Crippen molar-refractivity contribution in [3.8, 4) is 0 Å². The number of ether oxygens (including phenoxy) is 1. The molecule has 0 radical (unpaired) electrons. The number of hydrogen-bond acceptors (Lipinski definition) is 4. The first-order chi connectivity index (χ1) is 9.59. The number of rotatable bonds is 5. The Morgan fingerprint density at radius 2 is 2.15 bits per heavy atom. The predicted octanol–water partition coefficient (Wildman–Crippen LogP) is 1.95. The third kappa shape index (κ3) is 2.24. The Morgan fingerprint density at radius 1 is 1.40 bits per heavy atom. The van der Waals surface area contributed by atoms with Crippen LogP contribution in [0, 0.1) is 5.82 Å². The van der Waals surface area contributed by atoms with Crippen LogP contribution in [0.2, 0.25) is 0 Å². The molecule has 0 spiro atoms. The molecule has 0 amide bonds. The summed E-state index contributed by atoms with van der Waals surface area (Å²) in [4.78, 5) is 3.84. The third-order valence-corrected chi connectivity index (χ3v) is 4.76. The summed E-state index contributed by atoms with van der Waals surface area (Å²) in [5, 5.41) is 14.2. The maximum atomic E-state index is 13.3. The zero-order valence-electron chi connectivity index (χ0n) is 11.7. The highest BCUT2D eigenvalue weighted by Crippen LogP contribution is 2.50. The van der Waals surface area contributed by atoms with Crippen molar-refractivity contribution < 1.29 is 14.2 Å². The average molecular weight is 280 g/mol. The van der Waals surface area contributed by atoms with Gasteiger partial charge in [-0.1, -0.05) is 0 Å². The summed E-state index contributed by atoms with van der Waals surface area (Å²) in [6, 6.07) is 1.37. The molecule has 110 valence electrons. The number of nitrogens with one attached hydrogen (secondary N) is 1. The van der Waals surface area contributed by atoms with Gasteiger partial charge in [-0.2, -0.15) is 0 Å². The lowest BCUT2D eigenvalue weighted by Crippen LogP contribution is -2.48. The van der Waals surface area contributed by atoms with Gasteiger partial charge in [0.15, 0.2) is 0 Å². The first-order valence-electron chi connectivity index (χ1n) is 7.25. The zero-order valence-corrected chi connectivity index (χ0v) is 11.7. The maximum absolute atomic E-state index is 13.3. The van der Waals surface area contributed by atoms with E-state index in [1.165, 1.54) is 6.07 Å². The maximum Gasteiger partial charge on any atom is 0.141 e. The van der Waals surface area contributed by atoms with Crippen molar-refractivity contribution in [3.05, 3.63) is 29.8 Å². The number of aliphatic hydroxyl groups excluding tert-OH is 1. The van der Waals surface area contributed by atoms with Crippen LogP contribution in [-0.2, 0) is 4.74 Å². The molecule has 2 saturated heterocycles. The Bertz CT molecular complexity index is 487. The van der Waals surface area contributed by atoms with Gasteiger partial charge in [-0.25, -0.2) is 4.39 Å². The fraction of sp³-hybridized carbons (Fsp3) is 0.667. The van der Waals surface area contributed by atoms with E-state index in [1.807, 2.05) is 6.92 Å². The minimum absolute atomic E-state index is 0.0161. The zero-order chi connectivity index (χ0) is 14.2. The van der Waals surface area contributed by atoms with Crippen LogP contribution in [0.4, 0.5) is 4.39 Å². The molecule has 20 heavy (non-hydrogen) atoms. The fourth-order valence-corrected chi connectivity index (χ4v) is 3.67. The molecule has 0 aromatic carbocycles. The predicted molar refractivity (Wildman–Crippen MR) is 72.7 cm³/mol. The summed E-state index contributed by atoms with van der Waals surface area (Å²) in [6.07, 6.45) is 5.74. The van der Waals surface area contributed by atoms with Crippen LogP contribution in [0.15, 0.2) is 18.5 Å². The number of nitrogens with zero attached hydrogens (tertiary/aromatic N) is 1. The minimum Gasteiger partial charge on any atom is -0.386 e. The molecule has 2 aliphatic rings.